The molecular weight excluding hydrogens is 98.1 g/mol. The van der Waals surface area contributed by atoms with Crippen molar-refractivity contribution < 1.29 is 8.78 Å². The second-order valence-electron chi connectivity index (χ2n) is 1.08. The first-order valence-electron chi connectivity index (χ1n) is 1.78. The van der Waals surface area contributed by atoms with Gasteiger partial charge < -0.3 is 0 Å². The Labute approximate surface area is 41.2 Å². The van der Waals surface area contributed by atoms with Gasteiger partial charge in [0.2, 0.25) is 0 Å². The van der Waals surface area contributed by atoms with Crippen molar-refractivity contribution in [2.45, 2.75) is 6.43 Å². The van der Waals surface area contributed by atoms with Gasteiger partial charge in [0.1, 0.15) is 0 Å². The summed E-state index contributed by atoms with van der Waals surface area (Å²) in [6, 6.07) is 0. The van der Waals surface area contributed by atoms with Crippen molar-refractivity contribution in [3.63, 3.8) is 0 Å². The first kappa shape index (κ1) is 6.34. The van der Waals surface area contributed by atoms with Crippen molar-refractivity contribution in [3.8, 4) is 0 Å². The first-order valence-corrected chi connectivity index (χ1v) is 1.78. The van der Waals surface area contributed by atoms with Crippen LogP contribution in [0.4, 0.5) is 8.78 Å². The van der Waals surface area contributed by atoms with Crippen molar-refractivity contribution in [1.29, 1.82) is 0 Å². The Morgan fingerprint density at radius 1 is 1.57 bits per heavy atom. The molecule has 0 spiro atoms. The fourth-order valence-electron chi connectivity index (χ4n) is 0.0891. The zero-order valence-corrected chi connectivity index (χ0v) is 3.82. The quantitative estimate of drug-likeness (QED) is 0.470. The Morgan fingerprint density at radius 2 is 2.00 bits per heavy atom. The van der Waals surface area contributed by atoms with Crippen molar-refractivity contribution in [2.75, 3.05) is 0 Å². The molecule has 0 saturated heterocycles. The lowest BCUT2D eigenvalue weighted by Crippen LogP contribution is -1.88. The Morgan fingerprint density at radius 3 is 2.00 bits per heavy atom. The van der Waals surface area contributed by atoms with E-state index in [0.29, 0.717) is 0 Å². The monoisotopic (exact) mass is 104 g/mol. The molecule has 0 radical (unpaired) electrons. The highest BCUT2D eigenvalue weighted by Gasteiger charge is 2.00. The Kier molecular flexibility index (Phi) is 2.27. The summed E-state index contributed by atoms with van der Waals surface area (Å²) in [6.45, 7) is 6.11. The molecule has 0 nitrogen and oxygen atoms in total. The molecule has 0 N–H and O–H groups in total. The van der Waals surface area contributed by atoms with Gasteiger partial charge in [-0.25, -0.2) is 8.78 Å². The number of hydrogen-bond acceptors (Lipinski definition) is 0. The van der Waals surface area contributed by atoms with Gasteiger partial charge in [-0.05, 0) is 0 Å². The molecule has 0 heterocycles. The van der Waals surface area contributed by atoms with Gasteiger partial charge in [0.05, 0.1) is 0 Å². The van der Waals surface area contributed by atoms with E-state index >= 15 is 0 Å². The summed E-state index contributed by atoms with van der Waals surface area (Å²) in [5, 5.41) is 0. The topological polar surface area (TPSA) is 0 Å². The smallest absolute Gasteiger partial charge is 0.205 e. The summed E-state index contributed by atoms with van der Waals surface area (Å²) in [7, 11) is 0. The Bertz CT molecular complexity index is 84.1. The minimum Gasteiger partial charge on any atom is -0.205 e. The third-order valence-corrected chi connectivity index (χ3v) is 0.542. The van der Waals surface area contributed by atoms with E-state index in [1.165, 1.54) is 0 Å². The van der Waals surface area contributed by atoms with Crippen molar-refractivity contribution in [2.24, 2.45) is 0 Å². The predicted octanol–water partition coefficient (Wildman–Crippen LogP) is 1.99. The zero-order valence-electron chi connectivity index (χ0n) is 3.82. The number of rotatable bonds is 2. The third-order valence-electron chi connectivity index (χ3n) is 0.542. The molecule has 0 amide bonds. The van der Waals surface area contributed by atoms with E-state index < -0.39 is 6.43 Å². The average Bonchev–Trinajstić information content (AvgIpc) is 1.65. The first-order chi connectivity index (χ1) is 3.18. The molecule has 0 fully saturated rings. The fourth-order valence-corrected chi connectivity index (χ4v) is 0.0891. The molecule has 0 aliphatic carbocycles. The van der Waals surface area contributed by atoms with Crippen LogP contribution in [0.2, 0.25) is 0 Å². The lowest BCUT2D eigenvalue weighted by Gasteiger charge is -1.91. The molecule has 0 unspecified atom stereocenters. The summed E-state index contributed by atoms with van der Waals surface area (Å²) in [5.41, 5.74) is -0.222. The molecule has 0 aromatic carbocycles. The van der Waals surface area contributed by atoms with Gasteiger partial charge in [-0.1, -0.05) is 19.2 Å². The molecular formula is C5H6F2. The van der Waals surface area contributed by atoms with Gasteiger partial charge in [-0.3, -0.25) is 0 Å². The van der Waals surface area contributed by atoms with Crippen LogP contribution in [0.5, 0.6) is 0 Å². The number of alkyl halides is 2. The van der Waals surface area contributed by atoms with E-state index in [-0.39, 0.29) is 5.57 Å². The second-order valence-corrected chi connectivity index (χ2v) is 1.08. The molecule has 2 heteroatoms. The summed E-state index contributed by atoms with van der Waals surface area (Å²) in [4.78, 5) is 0. The standard InChI is InChI=1S/C5H6F2/c1-3-4(2)5(6)7/h3,5H,1-2H2. The molecule has 7 heavy (non-hydrogen) atoms. The fraction of sp³-hybridized carbons (Fsp3) is 0.200. The molecule has 0 rings (SSSR count). The summed E-state index contributed by atoms with van der Waals surface area (Å²) in [5.74, 6) is 0. The predicted molar refractivity (Wildman–Crippen MR) is 25.3 cm³/mol. The van der Waals surface area contributed by atoms with Crippen LogP contribution in [-0.2, 0) is 0 Å². The van der Waals surface area contributed by atoms with Crippen LogP contribution < -0.4 is 0 Å². The van der Waals surface area contributed by atoms with Crippen molar-refractivity contribution in [1.82, 2.24) is 0 Å². The molecule has 0 aromatic rings. The minimum absolute atomic E-state index is 0.222. The Balaban J connectivity index is 3.56. The molecule has 0 atom stereocenters. The summed E-state index contributed by atoms with van der Waals surface area (Å²) >= 11 is 0. The van der Waals surface area contributed by atoms with Crippen LogP contribution in [0.15, 0.2) is 24.8 Å². The molecule has 0 aliphatic heterocycles. The highest BCUT2D eigenvalue weighted by atomic mass is 19.3. The third kappa shape index (κ3) is 2.09. The van der Waals surface area contributed by atoms with Crippen molar-refractivity contribution in [3.05, 3.63) is 24.8 Å². The summed E-state index contributed by atoms with van der Waals surface area (Å²) in [6.07, 6.45) is -1.40. The average molecular weight is 104 g/mol. The van der Waals surface area contributed by atoms with Crippen LogP contribution in [0, 0.1) is 0 Å². The van der Waals surface area contributed by atoms with E-state index in [0.717, 1.165) is 6.08 Å². The van der Waals surface area contributed by atoms with E-state index in [2.05, 4.69) is 13.2 Å². The SMILES string of the molecule is C=CC(=C)C(F)F. The largest absolute Gasteiger partial charge is 0.263 e. The maximum absolute atomic E-state index is 11.3. The molecule has 0 aliphatic rings. The zero-order chi connectivity index (χ0) is 5.86. The van der Waals surface area contributed by atoms with Gasteiger partial charge in [-0.2, -0.15) is 0 Å². The molecule has 0 bridgehead atoms. The maximum Gasteiger partial charge on any atom is 0.263 e. The van der Waals surface area contributed by atoms with Crippen LogP contribution in [0.3, 0.4) is 0 Å². The molecule has 40 valence electrons. The maximum atomic E-state index is 11.3. The van der Waals surface area contributed by atoms with Gasteiger partial charge >= 0.3 is 0 Å². The normalized spacial score (nSPS) is 9.00. The van der Waals surface area contributed by atoms with Gasteiger partial charge in [0.25, 0.3) is 6.43 Å². The van der Waals surface area contributed by atoms with Gasteiger partial charge in [0, 0.05) is 5.57 Å². The van der Waals surface area contributed by atoms with E-state index in [4.69, 9.17) is 0 Å². The van der Waals surface area contributed by atoms with E-state index in [1.54, 1.807) is 0 Å². The van der Waals surface area contributed by atoms with Gasteiger partial charge in [0.15, 0.2) is 0 Å². The second kappa shape index (κ2) is 2.50. The van der Waals surface area contributed by atoms with Crippen LogP contribution >= 0.6 is 0 Å². The van der Waals surface area contributed by atoms with E-state index in [9.17, 15) is 8.78 Å². The lowest BCUT2D eigenvalue weighted by atomic mass is 10.3. The van der Waals surface area contributed by atoms with Crippen LogP contribution in [-0.4, -0.2) is 6.43 Å². The number of allylic oxidation sites excluding steroid dienone is 2. The van der Waals surface area contributed by atoms with E-state index in [1.807, 2.05) is 0 Å². The van der Waals surface area contributed by atoms with Crippen molar-refractivity contribution >= 4 is 0 Å². The van der Waals surface area contributed by atoms with Crippen LogP contribution in [0.1, 0.15) is 0 Å². The highest BCUT2D eigenvalue weighted by molar-refractivity contribution is 5.12. The minimum atomic E-state index is -2.45. The van der Waals surface area contributed by atoms with Crippen LogP contribution in [0.25, 0.3) is 0 Å². The lowest BCUT2D eigenvalue weighted by molar-refractivity contribution is 0.195. The number of hydrogen-bond donors (Lipinski definition) is 0. The summed E-state index contributed by atoms with van der Waals surface area (Å²) < 4.78 is 22.5. The molecule has 0 aromatic heterocycles. The molecule has 0 saturated carbocycles. The highest BCUT2D eigenvalue weighted by Crippen LogP contribution is 2.04. The Hall–Kier alpha value is -0.660. The number of halogens is 2. The van der Waals surface area contributed by atoms with Gasteiger partial charge in [-0.15, -0.1) is 0 Å².